The minimum absolute atomic E-state index is 0.156. The standard InChI is InChI=1S/C12H16N8O/c1-14-10-16-11(19-4-2-8(6-19)9(13)21)18-12(17-10)20-5-3-15-7-20/h3,5,7-8H,2,4,6H2,1H3,(H2,13,21)(H,14,16,17,18). The Morgan fingerprint density at radius 3 is 2.81 bits per heavy atom. The summed E-state index contributed by atoms with van der Waals surface area (Å²) in [5.41, 5.74) is 5.36. The third kappa shape index (κ3) is 2.62. The van der Waals surface area contributed by atoms with E-state index in [0.717, 1.165) is 6.42 Å². The van der Waals surface area contributed by atoms with E-state index in [-0.39, 0.29) is 11.8 Å². The normalized spacial score (nSPS) is 18.0. The molecule has 9 nitrogen and oxygen atoms in total. The van der Waals surface area contributed by atoms with Crippen molar-refractivity contribution < 1.29 is 4.79 Å². The predicted molar refractivity (Wildman–Crippen MR) is 76.0 cm³/mol. The summed E-state index contributed by atoms with van der Waals surface area (Å²) in [6, 6.07) is 0. The second-order valence-electron chi connectivity index (χ2n) is 4.81. The van der Waals surface area contributed by atoms with Crippen molar-refractivity contribution >= 4 is 17.8 Å². The second kappa shape index (κ2) is 5.35. The van der Waals surface area contributed by atoms with E-state index in [1.54, 1.807) is 30.3 Å². The van der Waals surface area contributed by atoms with Crippen LogP contribution in [0.1, 0.15) is 6.42 Å². The number of nitrogens with one attached hydrogen (secondary N) is 1. The summed E-state index contributed by atoms with van der Waals surface area (Å²) in [6.45, 7) is 1.23. The molecule has 1 amide bonds. The molecule has 0 aliphatic carbocycles. The average molecular weight is 288 g/mol. The van der Waals surface area contributed by atoms with Gasteiger partial charge in [-0.25, -0.2) is 4.98 Å². The highest BCUT2D eigenvalue weighted by Gasteiger charge is 2.28. The van der Waals surface area contributed by atoms with E-state index < -0.39 is 0 Å². The van der Waals surface area contributed by atoms with Crippen LogP contribution in [0.2, 0.25) is 0 Å². The van der Waals surface area contributed by atoms with Crippen LogP contribution in [0.4, 0.5) is 11.9 Å². The lowest BCUT2D eigenvalue weighted by Crippen LogP contribution is -2.28. The largest absolute Gasteiger partial charge is 0.369 e. The lowest BCUT2D eigenvalue weighted by molar-refractivity contribution is -0.121. The highest BCUT2D eigenvalue weighted by molar-refractivity contribution is 5.78. The van der Waals surface area contributed by atoms with Crippen LogP contribution in [-0.2, 0) is 4.79 Å². The van der Waals surface area contributed by atoms with Crippen molar-refractivity contribution in [2.24, 2.45) is 11.7 Å². The number of anilines is 2. The van der Waals surface area contributed by atoms with Gasteiger partial charge in [-0.3, -0.25) is 9.36 Å². The number of hydrogen-bond donors (Lipinski definition) is 2. The molecule has 110 valence electrons. The fourth-order valence-electron chi connectivity index (χ4n) is 2.27. The molecular formula is C12H16N8O. The number of carbonyl (C=O) groups excluding carboxylic acids is 1. The molecule has 9 heteroatoms. The van der Waals surface area contributed by atoms with E-state index in [1.807, 2.05) is 4.90 Å². The highest BCUT2D eigenvalue weighted by atomic mass is 16.1. The summed E-state index contributed by atoms with van der Waals surface area (Å²) in [5, 5.41) is 2.91. The average Bonchev–Trinajstić information content (AvgIpc) is 3.18. The zero-order valence-electron chi connectivity index (χ0n) is 11.6. The van der Waals surface area contributed by atoms with E-state index in [9.17, 15) is 4.79 Å². The Bertz CT molecular complexity index is 641. The molecule has 21 heavy (non-hydrogen) atoms. The first-order chi connectivity index (χ1) is 10.2. The van der Waals surface area contributed by atoms with Crippen LogP contribution >= 0.6 is 0 Å². The molecule has 0 spiro atoms. The van der Waals surface area contributed by atoms with Crippen LogP contribution in [0.15, 0.2) is 18.7 Å². The lowest BCUT2D eigenvalue weighted by Gasteiger charge is -2.17. The smallest absolute Gasteiger partial charge is 0.241 e. The van der Waals surface area contributed by atoms with Crippen molar-refractivity contribution in [3.8, 4) is 5.95 Å². The van der Waals surface area contributed by atoms with Gasteiger partial charge in [0.2, 0.25) is 23.8 Å². The van der Waals surface area contributed by atoms with E-state index >= 15 is 0 Å². The summed E-state index contributed by atoms with van der Waals surface area (Å²) < 4.78 is 1.70. The molecular weight excluding hydrogens is 272 g/mol. The fourth-order valence-corrected chi connectivity index (χ4v) is 2.27. The summed E-state index contributed by atoms with van der Waals surface area (Å²) in [6.07, 6.45) is 5.75. The Hall–Kier alpha value is -2.71. The number of rotatable bonds is 4. The molecule has 1 atom stereocenters. The number of carbonyl (C=O) groups is 1. The fraction of sp³-hybridized carbons (Fsp3) is 0.417. The number of nitrogens with two attached hydrogens (primary N) is 1. The van der Waals surface area contributed by atoms with Gasteiger partial charge in [0.05, 0.1) is 5.92 Å². The van der Waals surface area contributed by atoms with Crippen molar-refractivity contribution in [2.75, 3.05) is 30.4 Å². The Kier molecular flexibility index (Phi) is 3.38. The molecule has 2 aromatic rings. The van der Waals surface area contributed by atoms with Crippen LogP contribution in [-0.4, -0.2) is 50.5 Å². The first kappa shape index (κ1) is 13.3. The number of imidazole rings is 1. The van der Waals surface area contributed by atoms with E-state index in [1.165, 1.54) is 0 Å². The minimum atomic E-state index is -0.282. The van der Waals surface area contributed by atoms with Crippen LogP contribution < -0.4 is 16.0 Å². The van der Waals surface area contributed by atoms with Gasteiger partial charge in [0.1, 0.15) is 6.33 Å². The zero-order valence-corrected chi connectivity index (χ0v) is 11.6. The SMILES string of the molecule is CNc1nc(N2CCC(C(N)=O)C2)nc(-n2ccnc2)n1. The van der Waals surface area contributed by atoms with Crippen LogP contribution in [0.5, 0.6) is 0 Å². The molecule has 0 saturated carbocycles. The maximum Gasteiger partial charge on any atom is 0.241 e. The molecule has 1 aliphatic rings. The van der Waals surface area contributed by atoms with E-state index in [4.69, 9.17) is 5.73 Å². The van der Waals surface area contributed by atoms with Gasteiger partial charge in [-0.15, -0.1) is 0 Å². The number of nitrogens with zero attached hydrogens (tertiary/aromatic N) is 6. The van der Waals surface area contributed by atoms with Crippen LogP contribution in [0.25, 0.3) is 5.95 Å². The molecule has 0 aromatic carbocycles. The minimum Gasteiger partial charge on any atom is -0.369 e. The van der Waals surface area contributed by atoms with Gasteiger partial charge < -0.3 is 16.0 Å². The molecule has 1 unspecified atom stereocenters. The van der Waals surface area contributed by atoms with E-state index in [0.29, 0.717) is 30.9 Å². The van der Waals surface area contributed by atoms with Gasteiger partial charge in [0, 0.05) is 32.5 Å². The quantitative estimate of drug-likeness (QED) is 0.772. The molecule has 3 N–H and O–H groups in total. The Balaban J connectivity index is 1.92. The van der Waals surface area contributed by atoms with Crippen LogP contribution in [0, 0.1) is 5.92 Å². The van der Waals surface area contributed by atoms with E-state index in [2.05, 4.69) is 25.3 Å². The Morgan fingerprint density at radius 1 is 1.38 bits per heavy atom. The molecule has 1 fully saturated rings. The maximum atomic E-state index is 11.3. The van der Waals surface area contributed by atoms with Crippen molar-refractivity contribution in [1.29, 1.82) is 0 Å². The third-order valence-corrected chi connectivity index (χ3v) is 3.44. The topological polar surface area (TPSA) is 115 Å². The van der Waals surface area contributed by atoms with Gasteiger partial charge in [-0.1, -0.05) is 0 Å². The predicted octanol–water partition coefficient (Wildman–Crippen LogP) is -0.589. The van der Waals surface area contributed by atoms with Crippen molar-refractivity contribution in [3.05, 3.63) is 18.7 Å². The van der Waals surface area contributed by atoms with Gasteiger partial charge in [-0.2, -0.15) is 15.0 Å². The molecule has 0 radical (unpaired) electrons. The van der Waals surface area contributed by atoms with Gasteiger partial charge in [0.15, 0.2) is 0 Å². The van der Waals surface area contributed by atoms with Gasteiger partial charge >= 0.3 is 0 Å². The summed E-state index contributed by atoms with van der Waals surface area (Å²) >= 11 is 0. The number of aromatic nitrogens is 5. The van der Waals surface area contributed by atoms with Crippen molar-refractivity contribution in [2.45, 2.75) is 6.42 Å². The first-order valence-electron chi connectivity index (χ1n) is 6.64. The Labute approximate surface area is 121 Å². The van der Waals surface area contributed by atoms with Crippen molar-refractivity contribution in [1.82, 2.24) is 24.5 Å². The highest BCUT2D eigenvalue weighted by Crippen LogP contribution is 2.22. The van der Waals surface area contributed by atoms with Crippen molar-refractivity contribution in [3.63, 3.8) is 0 Å². The first-order valence-corrected chi connectivity index (χ1v) is 6.64. The van der Waals surface area contributed by atoms with Gasteiger partial charge in [-0.05, 0) is 6.42 Å². The molecule has 3 rings (SSSR count). The van der Waals surface area contributed by atoms with Crippen LogP contribution in [0.3, 0.4) is 0 Å². The monoisotopic (exact) mass is 288 g/mol. The number of amides is 1. The molecule has 2 aromatic heterocycles. The molecule has 1 saturated heterocycles. The third-order valence-electron chi connectivity index (χ3n) is 3.44. The molecule has 1 aliphatic heterocycles. The second-order valence-corrected chi connectivity index (χ2v) is 4.81. The number of hydrogen-bond acceptors (Lipinski definition) is 7. The van der Waals surface area contributed by atoms with Gasteiger partial charge in [0.25, 0.3) is 0 Å². The lowest BCUT2D eigenvalue weighted by atomic mass is 10.1. The summed E-state index contributed by atoms with van der Waals surface area (Å²) in [5.74, 6) is 1.03. The molecule has 0 bridgehead atoms. The summed E-state index contributed by atoms with van der Waals surface area (Å²) in [4.78, 5) is 30.3. The maximum absolute atomic E-state index is 11.3. The molecule has 3 heterocycles. The summed E-state index contributed by atoms with van der Waals surface area (Å²) in [7, 11) is 1.74. The zero-order chi connectivity index (χ0) is 14.8. The Morgan fingerprint density at radius 2 is 2.19 bits per heavy atom. The number of primary amides is 1.